The van der Waals surface area contributed by atoms with Crippen molar-refractivity contribution in [3.05, 3.63) is 59.7 Å². The molecular formula is C14H11F2NO2. The number of phenolic OH excluding ortho intramolecular Hbond substituents is 1. The standard InChI is InChI=1S/C14H11F2NO2/c1-17(11-5-2-9(15)3-6-11)14(19)12-7-4-10(16)8-13(12)18/h2-8,18H,1H3. The molecule has 0 aliphatic carbocycles. The van der Waals surface area contributed by atoms with E-state index in [0.717, 1.165) is 12.1 Å². The van der Waals surface area contributed by atoms with E-state index in [9.17, 15) is 18.7 Å². The summed E-state index contributed by atoms with van der Waals surface area (Å²) in [5.41, 5.74) is 0.448. The summed E-state index contributed by atoms with van der Waals surface area (Å²) in [4.78, 5) is 13.4. The molecule has 0 fully saturated rings. The lowest BCUT2D eigenvalue weighted by atomic mass is 10.1. The van der Waals surface area contributed by atoms with Crippen LogP contribution < -0.4 is 4.90 Å². The van der Waals surface area contributed by atoms with Gasteiger partial charge in [0.2, 0.25) is 0 Å². The Morgan fingerprint density at radius 3 is 2.21 bits per heavy atom. The smallest absolute Gasteiger partial charge is 0.261 e. The van der Waals surface area contributed by atoms with Crippen LogP contribution in [0.1, 0.15) is 10.4 Å². The Kier molecular flexibility index (Phi) is 3.46. The van der Waals surface area contributed by atoms with Gasteiger partial charge in [-0.1, -0.05) is 0 Å². The topological polar surface area (TPSA) is 40.5 Å². The molecule has 0 aliphatic heterocycles. The van der Waals surface area contributed by atoms with Crippen LogP contribution in [0.5, 0.6) is 5.75 Å². The van der Waals surface area contributed by atoms with E-state index in [1.54, 1.807) is 0 Å². The van der Waals surface area contributed by atoms with Gasteiger partial charge in [-0.05, 0) is 36.4 Å². The quantitative estimate of drug-likeness (QED) is 0.905. The molecule has 0 saturated carbocycles. The first-order valence-electron chi connectivity index (χ1n) is 5.51. The van der Waals surface area contributed by atoms with Crippen molar-refractivity contribution < 1.29 is 18.7 Å². The molecule has 5 heteroatoms. The van der Waals surface area contributed by atoms with E-state index in [4.69, 9.17) is 0 Å². The molecule has 0 aromatic heterocycles. The maximum Gasteiger partial charge on any atom is 0.261 e. The number of anilines is 1. The minimum absolute atomic E-state index is 0.0202. The van der Waals surface area contributed by atoms with Gasteiger partial charge in [0.1, 0.15) is 17.4 Å². The van der Waals surface area contributed by atoms with Gasteiger partial charge in [0, 0.05) is 18.8 Å². The van der Waals surface area contributed by atoms with Crippen LogP contribution in [-0.2, 0) is 0 Å². The van der Waals surface area contributed by atoms with Crippen LogP contribution in [0.2, 0.25) is 0 Å². The van der Waals surface area contributed by atoms with Crippen molar-refractivity contribution in [2.45, 2.75) is 0 Å². The van der Waals surface area contributed by atoms with E-state index in [-0.39, 0.29) is 5.56 Å². The van der Waals surface area contributed by atoms with Crippen molar-refractivity contribution >= 4 is 11.6 Å². The number of phenols is 1. The summed E-state index contributed by atoms with van der Waals surface area (Å²) >= 11 is 0. The van der Waals surface area contributed by atoms with Gasteiger partial charge < -0.3 is 10.0 Å². The number of amides is 1. The Morgan fingerprint density at radius 2 is 1.63 bits per heavy atom. The lowest BCUT2D eigenvalue weighted by Gasteiger charge is -2.17. The minimum atomic E-state index is -0.626. The predicted octanol–water partition coefficient (Wildman–Crippen LogP) is 2.95. The zero-order valence-corrected chi connectivity index (χ0v) is 10.1. The van der Waals surface area contributed by atoms with Gasteiger partial charge in [-0.2, -0.15) is 0 Å². The average molecular weight is 263 g/mol. The molecule has 1 amide bonds. The molecule has 0 radical (unpaired) electrons. The molecule has 3 nitrogen and oxygen atoms in total. The second kappa shape index (κ2) is 5.06. The van der Waals surface area contributed by atoms with Gasteiger partial charge in [0.15, 0.2) is 0 Å². The molecule has 2 aromatic rings. The number of halogens is 2. The number of rotatable bonds is 2. The Morgan fingerprint density at radius 1 is 1.05 bits per heavy atom. The third-order valence-electron chi connectivity index (χ3n) is 2.71. The molecule has 0 spiro atoms. The molecule has 19 heavy (non-hydrogen) atoms. The number of aromatic hydroxyl groups is 1. The number of carbonyl (C=O) groups is 1. The highest BCUT2D eigenvalue weighted by Crippen LogP contribution is 2.22. The van der Waals surface area contributed by atoms with E-state index in [0.29, 0.717) is 5.69 Å². The van der Waals surface area contributed by atoms with Gasteiger partial charge in [0.25, 0.3) is 5.91 Å². The fourth-order valence-corrected chi connectivity index (χ4v) is 1.65. The number of hydrogen-bond acceptors (Lipinski definition) is 2. The average Bonchev–Trinajstić information content (AvgIpc) is 2.38. The highest BCUT2D eigenvalue weighted by molar-refractivity contribution is 6.07. The largest absolute Gasteiger partial charge is 0.507 e. The summed E-state index contributed by atoms with van der Waals surface area (Å²) in [5, 5.41) is 9.55. The summed E-state index contributed by atoms with van der Waals surface area (Å²) in [5.74, 6) is -1.98. The van der Waals surface area contributed by atoms with Crippen molar-refractivity contribution in [3.63, 3.8) is 0 Å². The predicted molar refractivity (Wildman–Crippen MR) is 67.2 cm³/mol. The van der Waals surface area contributed by atoms with E-state index >= 15 is 0 Å². The van der Waals surface area contributed by atoms with E-state index in [1.165, 1.54) is 42.3 Å². The third kappa shape index (κ3) is 2.70. The SMILES string of the molecule is CN(C(=O)c1ccc(F)cc1O)c1ccc(F)cc1. The van der Waals surface area contributed by atoms with Gasteiger partial charge in [-0.3, -0.25) is 4.79 Å². The Labute approximate surface area is 108 Å². The van der Waals surface area contributed by atoms with Crippen molar-refractivity contribution in [2.24, 2.45) is 0 Å². The number of hydrogen-bond donors (Lipinski definition) is 1. The normalized spacial score (nSPS) is 10.3. The highest BCUT2D eigenvalue weighted by Gasteiger charge is 2.17. The summed E-state index contributed by atoms with van der Waals surface area (Å²) in [6, 6.07) is 8.49. The molecule has 0 atom stereocenters. The van der Waals surface area contributed by atoms with Gasteiger partial charge in [0.05, 0.1) is 5.56 Å². The van der Waals surface area contributed by atoms with Crippen molar-refractivity contribution in [2.75, 3.05) is 11.9 Å². The molecule has 2 aromatic carbocycles. The van der Waals surface area contributed by atoms with E-state index in [2.05, 4.69) is 0 Å². The van der Waals surface area contributed by atoms with Crippen molar-refractivity contribution in [3.8, 4) is 5.75 Å². The molecule has 1 N–H and O–H groups in total. The van der Waals surface area contributed by atoms with Crippen LogP contribution >= 0.6 is 0 Å². The molecular weight excluding hydrogens is 252 g/mol. The Hall–Kier alpha value is -2.43. The number of carbonyl (C=O) groups excluding carboxylic acids is 1. The van der Waals surface area contributed by atoms with E-state index in [1.807, 2.05) is 0 Å². The summed E-state index contributed by atoms with van der Waals surface area (Å²) in [6.45, 7) is 0. The first kappa shape index (κ1) is 13.0. The van der Waals surface area contributed by atoms with Crippen LogP contribution in [0, 0.1) is 11.6 Å². The van der Waals surface area contributed by atoms with E-state index < -0.39 is 23.3 Å². The molecule has 0 aliphatic rings. The monoisotopic (exact) mass is 263 g/mol. The lowest BCUT2D eigenvalue weighted by Crippen LogP contribution is -2.26. The first-order chi connectivity index (χ1) is 8.99. The van der Waals surface area contributed by atoms with Gasteiger partial charge in [-0.25, -0.2) is 8.78 Å². The molecule has 0 unspecified atom stereocenters. The second-order valence-corrected chi connectivity index (χ2v) is 4.00. The third-order valence-corrected chi connectivity index (χ3v) is 2.71. The van der Waals surface area contributed by atoms with Crippen LogP contribution in [0.25, 0.3) is 0 Å². The second-order valence-electron chi connectivity index (χ2n) is 4.00. The van der Waals surface area contributed by atoms with Gasteiger partial charge in [-0.15, -0.1) is 0 Å². The van der Waals surface area contributed by atoms with Crippen LogP contribution in [0.15, 0.2) is 42.5 Å². The summed E-state index contributed by atoms with van der Waals surface area (Å²) in [7, 11) is 1.48. The Balaban J connectivity index is 2.30. The van der Waals surface area contributed by atoms with Crippen molar-refractivity contribution in [1.82, 2.24) is 0 Å². The highest BCUT2D eigenvalue weighted by atomic mass is 19.1. The fraction of sp³-hybridized carbons (Fsp3) is 0.0714. The summed E-state index contributed by atoms with van der Waals surface area (Å²) < 4.78 is 25.7. The van der Waals surface area contributed by atoms with Crippen LogP contribution in [0.3, 0.4) is 0 Å². The van der Waals surface area contributed by atoms with Gasteiger partial charge >= 0.3 is 0 Å². The molecule has 0 bridgehead atoms. The minimum Gasteiger partial charge on any atom is -0.507 e. The molecule has 0 heterocycles. The van der Waals surface area contributed by atoms with Crippen LogP contribution in [-0.4, -0.2) is 18.1 Å². The zero-order chi connectivity index (χ0) is 14.0. The number of nitrogens with zero attached hydrogens (tertiary/aromatic N) is 1. The van der Waals surface area contributed by atoms with Crippen LogP contribution in [0.4, 0.5) is 14.5 Å². The molecule has 2 rings (SSSR count). The lowest BCUT2D eigenvalue weighted by molar-refractivity contribution is 0.0990. The number of benzene rings is 2. The molecule has 0 saturated heterocycles. The maximum absolute atomic E-state index is 12.9. The fourth-order valence-electron chi connectivity index (χ4n) is 1.65. The van der Waals surface area contributed by atoms with Crippen molar-refractivity contribution in [1.29, 1.82) is 0 Å². The maximum atomic E-state index is 12.9. The molecule has 98 valence electrons. The zero-order valence-electron chi connectivity index (χ0n) is 10.1. The first-order valence-corrected chi connectivity index (χ1v) is 5.51. The summed E-state index contributed by atoms with van der Waals surface area (Å²) in [6.07, 6.45) is 0. The Bertz CT molecular complexity index is 611.